The molecule has 0 saturated heterocycles. The van der Waals surface area contributed by atoms with Crippen LogP contribution in [-0.4, -0.2) is 9.04 Å². The standard InChI is InChI=1S/C12H15F2OSi/c1-4-5-12(15-16(2)3)9-6-7-10(13)11(14)8-9/h4,6-8,12H,1,5H2,2-3H3. The van der Waals surface area contributed by atoms with Crippen LogP contribution >= 0.6 is 0 Å². The topological polar surface area (TPSA) is 9.23 Å². The van der Waals surface area contributed by atoms with Gasteiger partial charge in [-0.1, -0.05) is 12.1 Å². The van der Waals surface area contributed by atoms with Crippen molar-refractivity contribution in [2.75, 3.05) is 0 Å². The summed E-state index contributed by atoms with van der Waals surface area (Å²) in [5.41, 5.74) is 0.657. The highest BCUT2D eigenvalue weighted by Gasteiger charge is 2.14. The van der Waals surface area contributed by atoms with Crippen LogP contribution in [0.1, 0.15) is 18.1 Å². The van der Waals surface area contributed by atoms with Gasteiger partial charge >= 0.3 is 0 Å². The zero-order chi connectivity index (χ0) is 12.1. The van der Waals surface area contributed by atoms with E-state index in [0.29, 0.717) is 12.0 Å². The van der Waals surface area contributed by atoms with E-state index in [0.717, 1.165) is 6.07 Å². The Morgan fingerprint density at radius 3 is 2.56 bits per heavy atom. The van der Waals surface area contributed by atoms with E-state index in [2.05, 4.69) is 6.58 Å². The summed E-state index contributed by atoms with van der Waals surface area (Å²) in [6.07, 6.45) is 2.09. The van der Waals surface area contributed by atoms with E-state index in [4.69, 9.17) is 4.43 Å². The third-order valence-electron chi connectivity index (χ3n) is 2.07. The molecule has 1 nitrogen and oxygen atoms in total. The quantitative estimate of drug-likeness (QED) is 0.562. The van der Waals surface area contributed by atoms with Gasteiger partial charge in [-0.25, -0.2) is 8.78 Å². The molecule has 0 aromatic heterocycles. The Hall–Kier alpha value is -1.00. The molecular weight excluding hydrogens is 226 g/mol. The fraction of sp³-hybridized carbons (Fsp3) is 0.333. The summed E-state index contributed by atoms with van der Waals surface area (Å²) in [7, 11) is -0.889. The average Bonchev–Trinajstić information content (AvgIpc) is 2.21. The van der Waals surface area contributed by atoms with E-state index in [1.54, 1.807) is 12.1 Å². The van der Waals surface area contributed by atoms with Gasteiger partial charge in [0.2, 0.25) is 9.04 Å². The van der Waals surface area contributed by atoms with E-state index in [1.807, 2.05) is 13.1 Å². The number of hydrogen-bond donors (Lipinski definition) is 0. The smallest absolute Gasteiger partial charge is 0.205 e. The number of hydrogen-bond acceptors (Lipinski definition) is 1. The lowest BCUT2D eigenvalue weighted by Gasteiger charge is -2.19. The monoisotopic (exact) mass is 241 g/mol. The molecule has 0 spiro atoms. The van der Waals surface area contributed by atoms with Crippen LogP contribution in [0, 0.1) is 11.6 Å². The first-order valence-corrected chi connectivity index (χ1v) is 7.48. The molecule has 1 rings (SSSR count). The minimum absolute atomic E-state index is 0.225. The molecule has 1 unspecified atom stereocenters. The van der Waals surface area contributed by atoms with Crippen LogP contribution in [0.25, 0.3) is 0 Å². The van der Waals surface area contributed by atoms with E-state index in [-0.39, 0.29) is 6.10 Å². The molecule has 0 N–H and O–H groups in total. The maximum Gasteiger partial charge on any atom is 0.205 e. The van der Waals surface area contributed by atoms with Gasteiger partial charge in [-0.2, -0.15) is 0 Å². The normalized spacial score (nSPS) is 12.8. The van der Waals surface area contributed by atoms with Gasteiger partial charge in [-0.15, -0.1) is 6.58 Å². The summed E-state index contributed by atoms with van der Waals surface area (Å²) in [5.74, 6) is -1.67. The zero-order valence-corrected chi connectivity index (χ0v) is 10.5. The zero-order valence-electron chi connectivity index (χ0n) is 9.47. The molecule has 0 bridgehead atoms. The lowest BCUT2D eigenvalue weighted by Crippen LogP contribution is -2.14. The van der Waals surface area contributed by atoms with Gasteiger partial charge < -0.3 is 4.43 Å². The Labute approximate surface area is 96.5 Å². The minimum atomic E-state index is -0.889. The molecule has 0 fully saturated rings. The van der Waals surface area contributed by atoms with Crippen molar-refractivity contribution in [3.05, 3.63) is 48.1 Å². The highest BCUT2D eigenvalue weighted by atomic mass is 28.3. The van der Waals surface area contributed by atoms with Crippen molar-refractivity contribution in [3.8, 4) is 0 Å². The van der Waals surface area contributed by atoms with Gasteiger partial charge in [0.1, 0.15) is 0 Å². The number of benzene rings is 1. The Balaban J connectivity index is 2.91. The van der Waals surface area contributed by atoms with E-state index < -0.39 is 20.7 Å². The van der Waals surface area contributed by atoms with Crippen molar-refractivity contribution in [2.45, 2.75) is 25.6 Å². The molecule has 1 aromatic carbocycles. The van der Waals surface area contributed by atoms with Crippen molar-refractivity contribution < 1.29 is 13.2 Å². The summed E-state index contributed by atoms with van der Waals surface area (Å²) >= 11 is 0. The summed E-state index contributed by atoms with van der Waals surface area (Å²) in [4.78, 5) is 0. The summed E-state index contributed by atoms with van der Waals surface area (Å²) in [6, 6.07) is 3.87. The first-order chi connectivity index (χ1) is 7.54. The third-order valence-corrected chi connectivity index (χ3v) is 2.83. The molecule has 1 aromatic rings. The van der Waals surface area contributed by atoms with E-state index >= 15 is 0 Å². The second-order valence-electron chi connectivity index (χ2n) is 3.71. The predicted octanol–water partition coefficient (Wildman–Crippen LogP) is 3.85. The first-order valence-electron chi connectivity index (χ1n) is 5.07. The van der Waals surface area contributed by atoms with Gasteiger partial charge in [-0.05, 0) is 37.2 Å². The lowest BCUT2D eigenvalue weighted by atomic mass is 10.1. The van der Waals surface area contributed by atoms with Gasteiger partial charge in [0.05, 0.1) is 6.10 Å². The minimum Gasteiger partial charge on any atom is -0.410 e. The predicted molar refractivity (Wildman–Crippen MR) is 62.5 cm³/mol. The summed E-state index contributed by atoms with van der Waals surface area (Å²) < 4.78 is 31.6. The maximum absolute atomic E-state index is 13.1. The Kier molecular flexibility index (Phi) is 4.83. The molecule has 0 aliphatic heterocycles. The highest BCUT2D eigenvalue weighted by Crippen LogP contribution is 2.24. The van der Waals surface area contributed by atoms with Crippen LogP contribution in [0.4, 0.5) is 8.78 Å². The lowest BCUT2D eigenvalue weighted by molar-refractivity contribution is 0.212. The van der Waals surface area contributed by atoms with Crippen molar-refractivity contribution >= 4 is 9.04 Å². The Morgan fingerprint density at radius 2 is 2.06 bits per heavy atom. The van der Waals surface area contributed by atoms with E-state index in [1.165, 1.54) is 6.07 Å². The van der Waals surface area contributed by atoms with Gasteiger partial charge in [0.25, 0.3) is 0 Å². The van der Waals surface area contributed by atoms with Crippen LogP contribution in [0.15, 0.2) is 30.9 Å². The molecule has 1 radical (unpaired) electrons. The molecule has 4 heteroatoms. The SMILES string of the molecule is C=CCC(O[Si](C)C)c1ccc(F)c(F)c1. The number of rotatable bonds is 5. The van der Waals surface area contributed by atoms with Crippen molar-refractivity contribution in [1.29, 1.82) is 0 Å². The first kappa shape index (κ1) is 13.1. The second-order valence-corrected chi connectivity index (χ2v) is 5.76. The van der Waals surface area contributed by atoms with Crippen molar-refractivity contribution in [1.82, 2.24) is 0 Å². The summed E-state index contributed by atoms with van der Waals surface area (Å²) in [5, 5.41) is 0. The van der Waals surface area contributed by atoms with Crippen LogP contribution < -0.4 is 0 Å². The van der Waals surface area contributed by atoms with Gasteiger partial charge in [0.15, 0.2) is 11.6 Å². The fourth-order valence-electron chi connectivity index (χ4n) is 1.40. The van der Waals surface area contributed by atoms with Gasteiger partial charge in [0, 0.05) is 0 Å². The van der Waals surface area contributed by atoms with Crippen LogP contribution in [0.5, 0.6) is 0 Å². The van der Waals surface area contributed by atoms with Crippen LogP contribution in [0.2, 0.25) is 13.1 Å². The average molecular weight is 241 g/mol. The Bertz CT molecular complexity index is 366. The largest absolute Gasteiger partial charge is 0.410 e. The molecule has 0 amide bonds. The fourth-order valence-corrected chi connectivity index (χ4v) is 2.20. The second kappa shape index (κ2) is 5.91. The van der Waals surface area contributed by atoms with Crippen molar-refractivity contribution in [2.24, 2.45) is 0 Å². The maximum atomic E-state index is 13.1. The molecule has 87 valence electrons. The molecule has 16 heavy (non-hydrogen) atoms. The molecule has 0 aliphatic carbocycles. The Morgan fingerprint density at radius 1 is 1.38 bits per heavy atom. The highest BCUT2D eigenvalue weighted by molar-refractivity contribution is 6.48. The molecule has 0 aliphatic rings. The molecule has 0 saturated carbocycles. The molecular formula is C12H15F2OSi. The number of halogens is 2. The summed E-state index contributed by atoms with van der Waals surface area (Å²) in [6.45, 7) is 7.64. The van der Waals surface area contributed by atoms with E-state index in [9.17, 15) is 8.78 Å². The van der Waals surface area contributed by atoms with Gasteiger partial charge in [-0.3, -0.25) is 0 Å². The molecule has 0 heterocycles. The molecule has 1 atom stereocenters. The van der Waals surface area contributed by atoms with Crippen LogP contribution in [-0.2, 0) is 4.43 Å². The van der Waals surface area contributed by atoms with Crippen LogP contribution in [0.3, 0.4) is 0 Å². The van der Waals surface area contributed by atoms with Crippen molar-refractivity contribution in [3.63, 3.8) is 0 Å². The third kappa shape index (κ3) is 3.54.